The third-order valence-electron chi connectivity index (χ3n) is 5.91. The quantitative estimate of drug-likeness (QED) is 0.478. The van der Waals surface area contributed by atoms with Crippen LogP contribution in [0, 0.1) is 12.8 Å². The van der Waals surface area contributed by atoms with Crippen molar-refractivity contribution in [1.29, 1.82) is 0 Å². The second-order valence-electron chi connectivity index (χ2n) is 8.70. The molecule has 0 bridgehead atoms. The van der Waals surface area contributed by atoms with Crippen LogP contribution < -0.4 is 21.3 Å². The SMILES string of the molecule is Cc1ccc(CNC(=O)C2CCCN(c3ccnc(Nc4cccc(CC(N)=O)c4)n3)C2)cc1. The van der Waals surface area contributed by atoms with Crippen molar-refractivity contribution < 1.29 is 9.59 Å². The van der Waals surface area contributed by atoms with Gasteiger partial charge in [0.1, 0.15) is 5.82 Å². The van der Waals surface area contributed by atoms with Gasteiger partial charge < -0.3 is 21.3 Å². The van der Waals surface area contributed by atoms with Crippen LogP contribution in [0.1, 0.15) is 29.5 Å². The maximum atomic E-state index is 12.8. The van der Waals surface area contributed by atoms with Gasteiger partial charge in [-0.15, -0.1) is 0 Å². The van der Waals surface area contributed by atoms with E-state index in [2.05, 4.69) is 37.6 Å². The number of aryl methyl sites for hydroxylation is 1. The predicted octanol–water partition coefficient (Wildman–Crippen LogP) is 3.09. The van der Waals surface area contributed by atoms with Crippen molar-refractivity contribution in [2.24, 2.45) is 11.7 Å². The Labute approximate surface area is 199 Å². The zero-order chi connectivity index (χ0) is 23.9. The minimum Gasteiger partial charge on any atom is -0.369 e. The number of aromatic nitrogens is 2. The maximum Gasteiger partial charge on any atom is 0.229 e. The number of carbonyl (C=O) groups excluding carboxylic acids is 2. The molecule has 3 aromatic rings. The summed E-state index contributed by atoms with van der Waals surface area (Å²) >= 11 is 0. The Bertz CT molecular complexity index is 1150. The molecule has 1 unspecified atom stereocenters. The minimum absolute atomic E-state index is 0.0731. The normalized spacial score (nSPS) is 15.6. The summed E-state index contributed by atoms with van der Waals surface area (Å²) in [7, 11) is 0. The number of nitrogens with two attached hydrogens (primary N) is 1. The van der Waals surface area contributed by atoms with Crippen molar-refractivity contribution in [3.63, 3.8) is 0 Å². The molecule has 1 aliphatic heterocycles. The summed E-state index contributed by atoms with van der Waals surface area (Å²) in [6.45, 7) is 4.04. The molecule has 0 saturated carbocycles. The van der Waals surface area contributed by atoms with Crippen LogP contribution >= 0.6 is 0 Å². The molecule has 8 heteroatoms. The average Bonchev–Trinajstić information content (AvgIpc) is 2.83. The lowest BCUT2D eigenvalue weighted by molar-refractivity contribution is -0.125. The van der Waals surface area contributed by atoms with E-state index in [0.29, 0.717) is 19.0 Å². The summed E-state index contributed by atoms with van der Waals surface area (Å²) in [5.41, 5.74) is 9.20. The van der Waals surface area contributed by atoms with E-state index < -0.39 is 0 Å². The van der Waals surface area contributed by atoms with Crippen LogP contribution in [-0.2, 0) is 22.6 Å². The fraction of sp³-hybridized carbons (Fsp3) is 0.308. The largest absolute Gasteiger partial charge is 0.369 e. The third-order valence-corrected chi connectivity index (χ3v) is 5.91. The zero-order valence-corrected chi connectivity index (χ0v) is 19.3. The number of anilines is 3. The van der Waals surface area contributed by atoms with Crippen LogP contribution in [0.15, 0.2) is 60.8 Å². The molecule has 4 N–H and O–H groups in total. The van der Waals surface area contributed by atoms with Gasteiger partial charge in [-0.05, 0) is 49.1 Å². The number of nitrogens with zero attached hydrogens (tertiary/aromatic N) is 3. The molecule has 1 aromatic heterocycles. The van der Waals surface area contributed by atoms with Crippen molar-refractivity contribution >= 4 is 29.3 Å². The van der Waals surface area contributed by atoms with Gasteiger partial charge in [0.25, 0.3) is 0 Å². The summed E-state index contributed by atoms with van der Waals surface area (Å²) in [6, 6.07) is 17.5. The molecule has 2 heterocycles. The Balaban J connectivity index is 1.37. The number of amides is 2. The molecule has 2 aromatic carbocycles. The molecule has 1 atom stereocenters. The van der Waals surface area contributed by atoms with Gasteiger partial charge in [0, 0.05) is 31.5 Å². The zero-order valence-electron chi connectivity index (χ0n) is 19.3. The number of benzene rings is 2. The third kappa shape index (κ3) is 6.31. The fourth-order valence-corrected chi connectivity index (χ4v) is 4.11. The topological polar surface area (TPSA) is 113 Å². The molecule has 0 radical (unpaired) electrons. The summed E-state index contributed by atoms with van der Waals surface area (Å²) in [5, 5.41) is 6.27. The number of carbonyl (C=O) groups is 2. The fourth-order valence-electron chi connectivity index (χ4n) is 4.11. The Morgan fingerprint density at radius 3 is 2.74 bits per heavy atom. The highest BCUT2D eigenvalue weighted by Crippen LogP contribution is 2.23. The molecule has 1 aliphatic rings. The molecular weight excluding hydrogens is 428 g/mol. The van der Waals surface area contributed by atoms with Crippen molar-refractivity contribution in [2.45, 2.75) is 32.7 Å². The molecule has 1 fully saturated rings. The Kier molecular flexibility index (Phi) is 7.37. The molecule has 0 spiro atoms. The van der Waals surface area contributed by atoms with Crippen LogP contribution in [0.3, 0.4) is 0 Å². The minimum atomic E-state index is -0.377. The highest BCUT2D eigenvalue weighted by atomic mass is 16.2. The highest BCUT2D eigenvalue weighted by molar-refractivity contribution is 5.79. The smallest absolute Gasteiger partial charge is 0.229 e. The van der Waals surface area contributed by atoms with Crippen molar-refractivity contribution in [3.05, 3.63) is 77.5 Å². The molecule has 2 amide bonds. The summed E-state index contributed by atoms with van der Waals surface area (Å²) < 4.78 is 0. The average molecular weight is 459 g/mol. The Hall–Kier alpha value is -3.94. The molecule has 8 nitrogen and oxygen atoms in total. The number of rotatable bonds is 8. The van der Waals surface area contributed by atoms with Gasteiger partial charge in [-0.3, -0.25) is 9.59 Å². The maximum absolute atomic E-state index is 12.8. The number of nitrogens with one attached hydrogen (secondary N) is 2. The number of primary amides is 1. The van der Waals surface area contributed by atoms with Gasteiger partial charge >= 0.3 is 0 Å². The molecule has 34 heavy (non-hydrogen) atoms. The van der Waals surface area contributed by atoms with Gasteiger partial charge in [-0.1, -0.05) is 42.0 Å². The first-order valence-corrected chi connectivity index (χ1v) is 11.5. The molecule has 1 saturated heterocycles. The van der Waals surface area contributed by atoms with Crippen LogP contribution in [0.5, 0.6) is 0 Å². The van der Waals surface area contributed by atoms with E-state index in [1.807, 2.05) is 49.4 Å². The molecule has 0 aliphatic carbocycles. The monoisotopic (exact) mass is 458 g/mol. The van der Waals surface area contributed by atoms with Crippen LogP contribution in [0.25, 0.3) is 0 Å². The van der Waals surface area contributed by atoms with Gasteiger partial charge in [0.2, 0.25) is 17.8 Å². The number of hydrogen-bond donors (Lipinski definition) is 3. The highest BCUT2D eigenvalue weighted by Gasteiger charge is 2.26. The second-order valence-corrected chi connectivity index (χ2v) is 8.70. The van der Waals surface area contributed by atoms with E-state index >= 15 is 0 Å². The van der Waals surface area contributed by atoms with Crippen LogP contribution in [-0.4, -0.2) is 34.9 Å². The van der Waals surface area contributed by atoms with Crippen molar-refractivity contribution in [1.82, 2.24) is 15.3 Å². The van der Waals surface area contributed by atoms with Crippen LogP contribution in [0.2, 0.25) is 0 Å². The summed E-state index contributed by atoms with van der Waals surface area (Å²) in [6.07, 6.45) is 3.67. The van der Waals surface area contributed by atoms with Gasteiger partial charge in [-0.25, -0.2) is 4.98 Å². The Morgan fingerprint density at radius 1 is 1.12 bits per heavy atom. The second kappa shape index (κ2) is 10.8. The number of hydrogen-bond acceptors (Lipinski definition) is 6. The number of piperidine rings is 1. The lowest BCUT2D eigenvalue weighted by atomic mass is 9.97. The van der Waals surface area contributed by atoms with E-state index in [9.17, 15) is 9.59 Å². The van der Waals surface area contributed by atoms with Crippen molar-refractivity contribution in [3.8, 4) is 0 Å². The van der Waals surface area contributed by atoms with E-state index in [-0.39, 0.29) is 24.2 Å². The first-order chi connectivity index (χ1) is 16.5. The van der Waals surface area contributed by atoms with Gasteiger partial charge in [0.15, 0.2) is 0 Å². The molecular formula is C26H30N6O2. The summed E-state index contributed by atoms with van der Waals surface area (Å²) in [4.78, 5) is 35.1. The van der Waals surface area contributed by atoms with E-state index in [4.69, 9.17) is 5.73 Å². The Morgan fingerprint density at radius 2 is 1.94 bits per heavy atom. The molecule has 4 rings (SSSR count). The lowest BCUT2D eigenvalue weighted by Crippen LogP contribution is -2.43. The lowest BCUT2D eigenvalue weighted by Gasteiger charge is -2.33. The van der Waals surface area contributed by atoms with E-state index in [1.165, 1.54) is 5.56 Å². The predicted molar refractivity (Wildman–Crippen MR) is 133 cm³/mol. The van der Waals surface area contributed by atoms with Crippen LogP contribution in [0.4, 0.5) is 17.5 Å². The van der Waals surface area contributed by atoms with Gasteiger partial charge in [-0.2, -0.15) is 4.98 Å². The molecule has 176 valence electrons. The summed E-state index contributed by atoms with van der Waals surface area (Å²) in [5.74, 6) is 0.847. The first kappa shape index (κ1) is 23.2. The van der Waals surface area contributed by atoms with E-state index in [0.717, 1.165) is 42.0 Å². The van der Waals surface area contributed by atoms with Gasteiger partial charge in [0.05, 0.1) is 12.3 Å². The standard InChI is InChI=1S/C26H30N6O2/c1-18-7-9-19(10-8-18)16-29-25(34)21-5-3-13-32(17-21)24-11-12-28-26(31-24)30-22-6-2-4-20(14-22)15-23(27)33/h2,4,6-12,14,21H,3,5,13,15-17H2,1H3,(H2,27,33)(H,29,34)(H,28,30,31). The van der Waals surface area contributed by atoms with E-state index in [1.54, 1.807) is 6.20 Å². The van der Waals surface area contributed by atoms with Crippen molar-refractivity contribution in [2.75, 3.05) is 23.3 Å². The first-order valence-electron chi connectivity index (χ1n) is 11.5.